The van der Waals surface area contributed by atoms with E-state index in [0.29, 0.717) is 12.5 Å². The van der Waals surface area contributed by atoms with Gasteiger partial charge in [-0.3, -0.25) is 0 Å². The number of nitrogens with two attached hydrogens (primary N) is 1. The number of hydrogen-bond acceptors (Lipinski definition) is 2. The smallest absolute Gasteiger partial charge is 0.118 e. The van der Waals surface area contributed by atoms with Gasteiger partial charge in [-0.25, -0.2) is 0 Å². The lowest BCUT2D eigenvalue weighted by molar-refractivity contribution is 0.414. The molecule has 1 unspecified atom stereocenters. The molecule has 0 aliphatic rings. The first-order valence-electron chi connectivity index (χ1n) is 4.99. The van der Waals surface area contributed by atoms with Gasteiger partial charge >= 0.3 is 0 Å². The molecule has 2 nitrogen and oxygen atoms in total. The molecule has 2 N–H and O–H groups in total. The van der Waals surface area contributed by atoms with Gasteiger partial charge in [-0.05, 0) is 36.6 Å². The molecule has 0 saturated heterocycles. The Kier molecular flexibility index (Phi) is 4.47. The second-order valence-corrected chi connectivity index (χ2v) is 3.26. The minimum absolute atomic E-state index is 0.367. The molecule has 0 aliphatic heterocycles. The van der Waals surface area contributed by atoms with E-state index in [0.717, 1.165) is 12.2 Å². The van der Waals surface area contributed by atoms with E-state index >= 15 is 0 Å². The van der Waals surface area contributed by atoms with Crippen molar-refractivity contribution in [1.82, 2.24) is 0 Å². The molecule has 1 atom stereocenters. The summed E-state index contributed by atoms with van der Waals surface area (Å²) in [6.07, 6.45) is 3.29. The lowest BCUT2D eigenvalue weighted by Gasteiger charge is -2.13. The van der Waals surface area contributed by atoms with E-state index in [1.165, 1.54) is 5.56 Å². The summed E-state index contributed by atoms with van der Waals surface area (Å²) in [6.45, 7) is 2.80. The monoisotopic (exact) mass is 192 g/mol. The summed E-state index contributed by atoms with van der Waals surface area (Å²) < 4.78 is 5.10. The Balaban J connectivity index is 2.73. The van der Waals surface area contributed by atoms with Gasteiger partial charge in [0.25, 0.3) is 0 Å². The molecule has 0 bridgehead atoms. The van der Waals surface area contributed by atoms with Gasteiger partial charge < -0.3 is 10.5 Å². The van der Waals surface area contributed by atoms with Crippen molar-refractivity contribution in [2.75, 3.05) is 13.7 Å². The van der Waals surface area contributed by atoms with E-state index in [1.807, 2.05) is 12.1 Å². The summed E-state index contributed by atoms with van der Waals surface area (Å²) in [7, 11) is 1.67. The maximum atomic E-state index is 5.70. The summed E-state index contributed by atoms with van der Waals surface area (Å²) in [5.41, 5.74) is 6.96. The van der Waals surface area contributed by atoms with Crippen molar-refractivity contribution in [2.45, 2.75) is 19.3 Å². The van der Waals surface area contributed by atoms with Crippen molar-refractivity contribution in [2.24, 2.45) is 5.73 Å². The average Bonchev–Trinajstić information content (AvgIpc) is 2.26. The Labute approximate surface area is 86.1 Å². The predicted octanol–water partition coefficient (Wildman–Crippen LogP) is 2.35. The van der Waals surface area contributed by atoms with Gasteiger partial charge in [-0.1, -0.05) is 25.5 Å². The fraction of sp³-hybridized carbons (Fsp3) is 0.417. The van der Waals surface area contributed by atoms with Gasteiger partial charge in [0, 0.05) is 0 Å². The zero-order chi connectivity index (χ0) is 10.4. The molecule has 77 valence electrons. The third-order valence-corrected chi connectivity index (χ3v) is 2.32. The summed E-state index contributed by atoms with van der Waals surface area (Å²) in [4.78, 5) is 0. The number of ether oxygens (including phenoxy) is 1. The predicted molar refractivity (Wildman–Crippen MR) is 59.4 cm³/mol. The Morgan fingerprint density at radius 2 is 2.00 bits per heavy atom. The Morgan fingerprint density at radius 3 is 2.43 bits per heavy atom. The zero-order valence-electron chi connectivity index (χ0n) is 8.86. The first-order chi connectivity index (χ1) is 6.81. The standard InChI is InChI=1S/C12H18NO/c1-3-4-11(9-13)10-5-7-12(14-2)8-6-10/h4-8,11H,3,9,13H2,1-2H3. The van der Waals surface area contributed by atoms with Crippen molar-refractivity contribution in [3.8, 4) is 5.75 Å². The fourth-order valence-electron chi connectivity index (χ4n) is 1.50. The number of rotatable bonds is 5. The second kappa shape index (κ2) is 5.66. The Morgan fingerprint density at radius 1 is 1.36 bits per heavy atom. The summed E-state index contributed by atoms with van der Waals surface area (Å²) in [5, 5.41) is 0. The molecule has 2 heteroatoms. The third-order valence-electron chi connectivity index (χ3n) is 2.32. The Hall–Kier alpha value is -1.02. The number of benzene rings is 1. The van der Waals surface area contributed by atoms with Crippen LogP contribution < -0.4 is 10.5 Å². The van der Waals surface area contributed by atoms with Crippen LogP contribution in [0.15, 0.2) is 24.3 Å². The van der Waals surface area contributed by atoms with E-state index < -0.39 is 0 Å². The van der Waals surface area contributed by atoms with Gasteiger partial charge in [-0.2, -0.15) is 0 Å². The third kappa shape index (κ3) is 2.74. The summed E-state index contributed by atoms with van der Waals surface area (Å²) in [5.74, 6) is 1.26. The van der Waals surface area contributed by atoms with Crippen molar-refractivity contribution >= 4 is 0 Å². The SMILES string of the molecule is CC[CH]C(CN)c1ccc(OC)cc1. The summed E-state index contributed by atoms with van der Waals surface area (Å²) >= 11 is 0. The van der Waals surface area contributed by atoms with Crippen molar-refractivity contribution < 1.29 is 4.74 Å². The lowest BCUT2D eigenvalue weighted by atomic mass is 9.95. The van der Waals surface area contributed by atoms with Gasteiger partial charge in [0.2, 0.25) is 0 Å². The van der Waals surface area contributed by atoms with Crippen molar-refractivity contribution in [3.63, 3.8) is 0 Å². The van der Waals surface area contributed by atoms with Crippen LogP contribution in [0.3, 0.4) is 0 Å². The van der Waals surface area contributed by atoms with Crippen molar-refractivity contribution in [1.29, 1.82) is 0 Å². The first-order valence-corrected chi connectivity index (χ1v) is 4.99. The van der Waals surface area contributed by atoms with Gasteiger partial charge in [0.15, 0.2) is 0 Å². The van der Waals surface area contributed by atoms with Crippen LogP contribution in [0.1, 0.15) is 24.8 Å². The molecular formula is C12H18NO. The molecule has 0 spiro atoms. The highest BCUT2D eigenvalue weighted by Crippen LogP contribution is 2.21. The molecule has 1 aromatic rings. The molecule has 0 amide bonds. The van der Waals surface area contributed by atoms with E-state index in [9.17, 15) is 0 Å². The normalized spacial score (nSPS) is 12.5. The van der Waals surface area contributed by atoms with E-state index in [4.69, 9.17) is 10.5 Å². The molecular weight excluding hydrogens is 174 g/mol. The average molecular weight is 192 g/mol. The van der Waals surface area contributed by atoms with Gasteiger partial charge in [-0.15, -0.1) is 0 Å². The zero-order valence-corrected chi connectivity index (χ0v) is 8.86. The maximum Gasteiger partial charge on any atom is 0.118 e. The second-order valence-electron chi connectivity index (χ2n) is 3.26. The first kappa shape index (κ1) is 11.1. The van der Waals surface area contributed by atoms with E-state index in [2.05, 4.69) is 25.5 Å². The highest BCUT2D eigenvalue weighted by Gasteiger charge is 2.08. The Bertz CT molecular complexity index is 256. The number of hydrogen-bond donors (Lipinski definition) is 1. The molecule has 1 aromatic carbocycles. The maximum absolute atomic E-state index is 5.70. The van der Waals surface area contributed by atoms with Crippen LogP contribution in [-0.2, 0) is 0 Å². The van der Waals surface area contributed by atoms with Crippen LogP contribution >= 0.6 is 0 Å². The van der Waals surface area contributed by atoms with Gasteiger partial charge in [0.05, 0.1) is 7.11 Å². The van der Waals surface area contributed by atoms with E-state index in [-0.39, 0.29) is 0 Å². The largest absolute Gasteiger partial charge is 0.497 e. The van der Waals surface area contributed by atoms with Crippen LogP contribution in [0.25, 0.3) is 0 Å². The molecule has 0 aliphatic carbocycles. The lowest BCUT2D eigenvalue weighted by Crippen LogP contribution is -2.12. The quantitative estimate of drug-likeness (QED) is 0.777. The highest BCUT2D eigenvalue weighted by atomic mass is 16.5. The number of methoxy groups -OCH3 is 1. The van der Waals surface area contributed by atoms with Crippen LogP contribution in [0, 0.1) is 6.42 Å². The van der Waals surface area contributed by atoms with Crippen LogP contribution in [0.2, 0.25) is 0 Å². The summed E-state index contributed by atoms with van der Waals surface area (Å²) in [6, 6.07) is 8.09. The fourth-order valence-corrected chi connectivity index (χ4v) is 1.50. The topological polar surface area (TPSA) is 35.2 Å². The molecule has 1 rings (SSSR count). The molecule has 0 aromatic heterocycles. The highest BCUT2D eigenvalue weighted by molar-refractivity contribution is 5.30. The van der Waals surface area contributed by atoms with Crippen LogP contribution in [0.4, 0.5) is 0 Å². The minimum Gasteiger partial charge on any atom is -0.497 e. The van der Waals surface area contributed by atoms with Crippen molar-refractivity contribution in [3.05, 3.63) is 36.2 Å². The molecule has 14 heavy (non-hydrogen) atoms. The van der Waals surface area contributed by atoms with Crippen LogP contribution in [-0.4, -0.2) is 13.7 Å². The van der Waals surface area contributed by atoms with Gasteiger partial charge in [0.1, 0.15) is 5.75 Å². The molecule has 1 radical (unpaired) electrons. The van der Waals surface area contributed by atoms with E-state index in [1.54, 1.807) is 7.11 Å². The molecule has 0 saturated carbocycles. The minimum atomic E-state index is 0.367. The van der Waals surface area contributed by atoms with Crippen LogP contribution in [0.5, 0.6) is 5.75 Å². The molecule has 0 fully saturated rings. The molecule has 0 heterocycles.